The zero-order valence-electron chi connectivity index (χ0n) is 10.2. The van der Waals surface area contributed by atoms with Gasteiger partial charge < -0.3 is 5.11 Å². The van der Waals surface area contributed by atoms with Crippen LogP contribution in [0.1, 0.15) is 5.69 Å². The number of hydrogen-bond donors (Lipinski definition) is 1. The predicted octanol–water partition coefficient (Wildman–Crippen LogP) is 3.29. The molecule has 0 amide bonds. The zero-order valence-corrected chi connectivity index (χ0v) is 11.8. The van der Waals surface area contributed by atoms with Gasteiger partial charge in [-0.15, -0.1) is 0 Å². The molecule has 1 N–H and O–H groups in total. The smallest absolute Gasteiger partial charge is 0.313 e. The van der Waals surface area contributed by atoms with Crippen LogP contribution in [0.2, 0.25) is 5.02 Å². The molecule has 20 heavy (non-hydrogen) atoms. The fraction of sp³-hybridized carbons (Fsp3) is 0.167. The first-order chi connectivity index (χ1) is 9.40. The van der Waals surface area contributed by atoms with Crippen LogP contribution in [-0.2, 0) is 4.79 Å². The van der Waals surface area contributed by atoms with E-state index in [1.165, 1.54) is 10.8 Å². The van der Waals surface area contributed by atoms with Crippen molar-refractivity contribution in [1.29, 1.82) is 0 Å². The molecule has 0 fully saturated rings. The van der Waals surface area contributed by atoms with E-state index in [-0.39, 0.29) is 21.6 Å². The van der Waals surface area contributed by atoms with Gasteiger partial charge in [0.05, 0.1) is 10.8 Å². The lowest BCUT2D eigenvalue weighted by Crippen LogP contribution is -2.05. The quantitative estimate of drug-likeness (QED) is 0.879. The number of imidazole rings is 1. The number of carbonyl (C=O) groups is 1. The number of aliphatic carboxylic acids is 1. The SMILES string of the molecule is Cc1cnc(SCC(=O)O)n1-c1c(F)cc(F)cc1Cl. The molecule has 0 unspecified atom stereocenters. The number of hydrogen-bond acceptors (Lipinski definition) is 3. The molecule has 0 aliphatic rings. The molecule has 0 bridgehead atoms. The molecule has 0 radical (unpaired) electrons. The van der Waals surface area contributed by atoms with Crippen LogP contribution in [-0.4, -0.2) is 26.4 Å². The Morgan fingerprint density at radius 3 is 2.80 bits per heavy atom. The Bertz CT molecular complexity index is 652. The lowest BCUT2D eigenvalue weighted by Gasteiger charge is -2.12. The number of aromatic nitrogens is 2. The molecule has 0 saturated heterocycles. The van der Waals surface area contributed by atoms with Crippen LogP contribution < -0.4 is 0 Å². The third kappa shape index (κ3) is 2.94. The minimum atomic E-state index is -1.02. The van der Waals surface area contributed by atoms with Crippen LogP contribution in [0, 0.1) is 18.6 Å². The highest BCUT2D eigenvalue weighted by Crippen LogP contribution is 2.30. The number of halogens is 3. The molecule has 0 aliphatic heterocycles. The lowest BCUT2D eigenvalue weighted by molar-refractivity contribution is -0.133. The van der Waals surface area contributed by atoms with E-state index in [0.717, 1.165) is 17.8 Å². The van der Waals surface area contributed by atoms with Crippen molar-refractivity contribution in [3.63, 3.8) is 0 Å². The van der Waals surface area contributed by atoms with Gasteiger partial charge in [0.2, 0.25) is 0 Å². The Kier molecular flexibility index (Phi) is 4.29. The molecule has 1 heterocycles. The second-order valence-electron chi connectivity index (χ2n) is 3.92. The van der Waals surface area contributed by atoms with Crippen LogP contribution in [0.5, 0.6) is 0 Å². The predicted molar refractivity (Wildman–Crippen MR) is 71.6 cm³/mol. The molecule has 2 aromatic rings. The highest BCUT2D eigenvalue weighted by Gasteiger charge is 2.18. The number of carboxylic acid groups (broad SMARTS) is 1. The number of nitrogens with zero attached hydrogens (tertiary/aromatic N) is 2. The molecule has 1 aromatic heterocycles. The average molecular weight is 319 g/mol. The molecule has 0 spiro atoms. The zero-order chi connectivity index (χ0) is 14.9. The molecule has 4 nitrogen and oxygen atoms in total. The number of aryl methyl sites for hydroxylation is 1. The van der Waals surface area contributed by atoms with Crippen molar-refractivity contribution in [1.82, 2.24) is 9.55 Å². The molecule has 1 aromatic carbocycles. The van der Waals surface area contributed by atoms with Crippen LogP contribution >= 0.6 is 23.4 Å². The maximum atomic E-state index is 13.9. The van der Waals surface area contributed by atoms with Crippen molar-refractivity contribution < 1.29 is 18.7 Å². The van der Waals surface area contributed by atoms with Crippen LogP contribution in [0.4, 0.5) is 8.78 Å². The second kappa shape index (κ2) is 5.80. The summed E-state index contributed by atoms with van der Waals surface area (Å²) in [6.07, 6.45) is 1.46. The van der Waals surface area contributed by atoms with Gasteiger partial charge in [0.15, 0.2) is 11.0 Å². The van der Waals surface area contributed by atoms with Crippen molar-refractivity contribution in [3.05, 3.63) is 40.7 Å². The van der Waals surface area contributed by atoms with Gasteiger partial charge in [0.1, 0.15) is 11.5 Å². The summed E-state index contributed by atoms with van der Waals surface area (Å²) in [6, 6.07) is 1.71. The van der Waals surface area contributed by atoms with Gasteiger partial charge in [0.25, 0.3) is 0 Å². The Labute approximate surface area is 122 Å². The molecule has 0 atom stereocenters. The van der Waals surface area contributed by atoms with E-state index in [2.05, 4.69) is 4.98 Å². The highest BCUT2D eigenvalue weighted by molar-refractivity contribution is 7.99. The van der Waals surface area contributed by atoms with Gasteiger partial charge in [-0.2, -0.15) is 0 Å². The molecule has 106 valence electrons. The Hall–Kier alpha value is -1.60. The molecule has 0 aliphatic carbocycles. The van der Waals surface area contributed by atoms with E-state index >= 15 is 0 Å². The van der Waals surface area contributed by atoms with Gasteiger partial charge in [-0.3, -0.25) is 9.36 Å². The number of rotatable bonds is 4. The number of carboxylic acids is 1. The van der Waals surface area contributed by atoms with Crippen molar-refractivity contribution in [3.8, 4) is 5.69 Å². The summed E-state index contributed by atoms with van der Waals surface area (Å²) in [4.78, 5) is 14.6. The first-order valence-electron chi connectivity index (χ1n) is 5.44. The average Bonchev–Trinajstić information content (AvgIpc) is 2.67. The topological polar surface area (TPSA) is 55.1 Å². The third-order valence-electron chi connectivity index (χ3n) is 2.44. The van der Waals surface area contributed by atoms with Gasteiger partial charge >= 0.3 is 5.97 Å². The van der Waals surface area contributed by atoms with Crippen LogP contribution in [0.25, 0.3) is 5.69 Å². The summed E-state index contributed by atoms with van der Waals surface area (Å²) in [5, 5.41) is 8.85. The van der Waals surface area contributed by atoms with Gasteiger partial charge in [-0.25, -0.2) is 13.8 Å². The normalized spacial score (nSPS) is 10.8. The van der Waals surface area contributed by atoms with E-state index < -0.39 is 17.6 Å². The minimum absolute atomic E-state index is 0.0454. The number of thioether (sulfide) groups is 1. The summed E-state index contributed by atoms with van der Waals surface area (Å²) < 4.78 is 28.4. The van der Waals surface area contributed by atoms with Gasteiger partial charge in [0, 0.05) is 18.0 Å². The molecule has 8 heteroatoms. The summed E-state index contributed by atoms with van der Waals surface area (Å²) in [5.74, 6) is -2.87. The van der Waals surface area contributed by atoms with Crippen molar-refractivity contribution in [2.75, 3.05) is 5.75 Å². The van der Waals surface area contributed by atoms with E-state index in [1.807, 2.05) is 0 Å². The van der Waals surface area contributed by atoms with E-state index in [1.54, 1.807) is 6.92 Å². The Morgan fingerprint density at radius 2 is 2.20 bits per heavy atom. The van der Waals surface area contributed by atoms with Gasteiger partial charge in [-0.1, -0.05) is 23.4 Å². The minimum Gasteiger partial charge on any atom is -0.481 e. The summed E-state index contributed by atoms with van der Waals surface area (Å²) in [6.45, 7) is 1.66. The third-order valence-corrected chi connectivity index (χ3v) is 3.66. The molecular weight excluding hydrogens is 310 g/mol. The largest absolute Gasteiger partial charge is 0.481 e. The van der Waals surface area contributed by atoms with Crippen LogP contribution in [0.15, 0.2) is 23.5 Å². The maximum Gasteiger partial charge on any atom is 0.313 e. The van der Waals surface area contributed by atoms with Crippen molar-refractivity contribution in [2.45, 2.75) is 12.1 Å². The lowest BCUT2D eigenvalue weighted by atomic mass is 10.3. The monoisotopic (exact) mass is 318 g/mol. The summed E-state index contributed by atoms with van der Waals surface area (Å²) >= 11 is 6.80. The van der Waals surface area contributed by atoms with E-state index in [4.69, 9.17) is 16.7 Å². The highest BCUT2D eigenvalue weighted by atomic mass is 35.5. The molecule has 0 saturated carbocycles. The fourth-order valence-electron chi connectivity index (χ4n) is 1.66. The number of benzene rings is 1. The van der Waals surface area contributed by atoms with Crippen molar-refractivity contribution in [2.24, 2.45) is 0 Å². The van der Waals surface area contributed by atoms with E-state index in [0.29, 0.717) is 11.8 Å². The first kappa shape index (κ1) is 14.8. The Morgan fingerprint density at radius 1 is 1.50 bits per heavy atom. The fourth-order valence-corrected chi connectivity index (χ4v) is 2.69. The second-order valence-corrected chi connectivity index (χ2v) is 5.27. The standard InChI is InChI=1S/C12H9ClF2N2O2S/c1-6-4-16-12(20-5-10(18)19)17(6)11-8(13)2-7(14)3-9(11)15/h2-4H,5H2,1H3,(H,18,19). The molecule has 2 rings (SSSR count). The van der Waals surface area contributed by atoms with Crippen molar-refractivity contribution >= 4 is 29.3 Å². The summed E-state index contributed by atoms with van der Waals surface area (Å²) in [7, 11) is 0. The maximum absolute atomic E-state index is 13.9. The molecular formula is C12H9ClF2N2O2S. The Balaban J connectivity index is 2.52. The van der Waals surface area contributed by atoms with Gasteiger partial charge in [-0.05, 0) is 13.0 Å². The van der Waals surface area contributed by atoms with Crippen LogP contribution in [0.3, 0.4) is 0 Å². The first-order valence-corrected chi connectivity index (χ1v) is 6.80. The van der Waals surface area contributed by atoms with E-state index in [9.17, 15) is 13.6 Å². The summed E-state index contributed by atoms with van der Waals surface area (Å²) in [5.41, 5.74) is 0.515.